The lowest BCUT2D eigenvalue weighted by Crippen LogP contribution is -2.04. The van der Waals surface area contributed by atoms with Gasteiger partial charge in [-0.15, -0.1) is 0 Å². The predicted molar refractivity (Wildman–Crippen MR) is 85.7 cm³/mol. The van der Waals surface area contributed by atoms with Crippen molar-refractivity contribution in [3.8, 4) is 0 Å². The van der Waals surface area contributed by atoms with Gasteiger partial charge in [-0.2, -0.15) is 0 Å². The Morgan fingerprint density at radius 2 is 1.80 bits per heavy atom. The molecule has 0 bridgehead atoms. The van der Waals surface area contributed by atoms with Crippen molar-refractivity contribution in [2.24, 2.45) is 4.99 Å². The van der Waals surface area contributed by atoms with E-state index in [-0.39, 0.29) is 5.69 Å². The van der Waals surface area contributed by atoms with Gasteiger partial charge in [0.15, 0.2) is 0 Å². The lowest BCUT2D eigenvalue weighted by Gasteiger charge is -2.10. The van der Waals surface area contributed by atoms with Crippen LogP contribution in [0.25, 0.3) is 0 Å². The second-order valence-electron chi connectivity index (χ2n) is 4.92. The summed E-state index contributed by atoms with van der Waals surface area (Å²) in [6.45, 7) is 13.4. The summed E-state index contributed by atoms with van der Waals surface area (Å²) in [5, 5.41) is 0. The molecule has 106 valence electrons. The number of allylic oxidation sites excluding steroid dienone is 4. The van der Waals surface area contributed by atoms with E-state index < -0.39 is 5.82 Å². The molecule has 0 aromatic heterocycles. The number of nitrogen functional groups attached to an aromatic ring is 1. The van der Waals surface area contributed by atoms with Crippen molar-refractivity contribution in [3.05, 3.63) is 65.0 Å². The predicted octanol–water partition coefficient (Wildman–Crippen LogP) is 4.21. The van der Waals surface area contributed by atoms with Gasteiger partial charge in [0.25, 0.3) is 0 Å². The van der Waals surface area contributed by atoms with E-state index in [0.29, 0.717) is 16.8 Å². The van der Waals surface area contributed by atoms with E-state index in [1.807, 2.05) is 26.0 Å². The Morgan fingerprint density at radius 3 is 2.20 bits per heavy atom. The van der Waals surface area contributed by atoms with E-state index in [4.69, 9.17) is 5.73 Å². The lowest BCUT2D eigenvalue weighted by molar-refractivity contribution is 0.631. The molecule has 1 aromatic carbocycles. The molecule has 0 heterocycles. The highest BCUT2D eigenvalue weighted by molar-refractivity contribution is 6.10. The van der Waals surface area contributed by atoms with Crippen LogP contribution < -0.4 is 5.73 Å². The maximum absolute atomic E-state index is 13.8. The number of hydrogen-bond acceptors (Lipinski definition) is 2. The molecule has 0 unspecified atom stereocenters. The first-order valence-electron chi connectivity index (χ1n) is 6.34. The molecule has 1 aromatic rings. The molecule has 0 aliphatic carbocycles. The van der Waals surface area contributed by atoms with Gasteiger partial charge < -0.3 is 5.73 Å². The molecule has 0 spiro atoms. The number of anilines is 1. The number of aryl methyl sites for hydroxylation is 1. The molecule has 0 amide bonds. The molecule has 0 radical (unpaired) electrons. The van der Waals surface area contributed by atoms with Gasteiger partial charge in [-0.25, -0.2) is 4.39 Å². The molecule has 20 heavy (non-hydrogen) atoms. The monoisotopic (exact) mass is 272 g/mol. The summed E-state index contributed by atoms with van der Waals surface area (Å²) in [5.74, 6) is -0.429. The highest BCUT2D eigenvalue weighted by Gasteiger charge is 2.09. The summed E-state index contributed by atoms with van der Waals surface area (Å²) in [4.78, 5) is 4.23. The summed E-state index contributed by atoms with van der Waals surface area (Å²) >= 11 is 0. The number of benzene rings is 1. The first-order chi connectivity index (χ1) is 9.27. The van der Waals surface area contributed by atoms with E-state index in [0.717, 1.165) is 16.7 Å². The van der Waals surface area contributed by atoms with Crippen LogP contribution in [0.5, 0.6) is 0 Å². The van der Waals surface area contributed by atoms with Crippen LogP contribution >= 0.6 is 0 Å². The standard InChI is InChI=1S/C17H21FN2/c1-10(2)14(11(3)4)9-16(20-6)13-7-12(5)17(19)15(18)8-13/h7-9H,1,3,19H2,2,4-6H3. The number of aliphatic imine (C=N–C) groups is 1. The topological polar surface area (TPSA) is 38.4 Å². The molecule has 2 nitrogen and oxygen atoms in total. The first kappa shape index (κ1) is 15.9. The van der Waals surface area contributed by atoms with Gasteiger partial charge in [-0.1, -0.05) is 24.3 Å². The minimum atomic E-state index is -0.429. The van der Waals surface area contributed by atoms with E-state index in [2.05, 4.69) is 18.2 Å². The highest BCUT2D eigenvalue weighted by atomic mass is 19.1. The molecule has 0 saturated carbocycles. The average molecular weight is 272 g/mol. The van der Waals surface area contributed by atoms with Gasteiger partial charge in [-0.3, -0.25) is 4.99 Å². The number of halogens is 1. The number of nitrogens with two attached hydrogens (primary N) is 1. The molecule has 0 fully saturated rings. The smallest absolute Gasteiger partial charge is 0.147 e. The van der Waals surface area contributed by atoms with Crippen molar-refractivity contribution in [3.63, 3.8) is 0 Å². The quantitative estimate of drug-likeness (QED) is 0.497. The van der Waals surface area contributed by atoms with E-state index in [9.17, 15) is 4.39 Å². The van der Waals surface area contributed by atoms with Crippen molar-refractivity contribution < 1.29 is 4.39 Å². The lowest BCUT2D eigenvalue weighted by atomic mass is 9.97. The van der Waals surface area contributed by atoms with Gasteiger partial charge >= 0.3 is 0 Å². The molecule has 3 heteroatoms. The Labute approximate surface area is 120 Å². The second kappa shape index (κ2) is 6.33. The third-order valence-corrected chi connectivity index (χ3v) is 3.07. The fraction of sp³-hybridized carbons (Fsp3) is 0.235. The zero-order valence-corrected chi connectivity index (χ0v) is 12.5. The fourth-order valence-electron chi connectivity index (χ4n) is 1.93. The zero-order valence-electron chi connectivity index (χ0n) is 12.5. The Balaban J connectivity index is 3.39. The van der Waals surface area contributed by atoms with Crippen LogP contribution in [0.4, 0.5) is 10.1 Å². The third-order valence-electron chi connectivity index (χ3n) is 3.07. The molecular formula is C17H21FN2. The SMILES string of the molecule is C=C(C)C(=CC(=NC)c1cc(C)c(N)c(F)c1)C(=C)C. The molecule has 1 rings (SSSR count). The minimum absolute atomic E-state index is 0.174. The summed E-state index contributed by atoms with van der Waals surface area (Å²) in [7, 11) is 1.67. The maximum Gasteiger partial charge on any atom is 0.147 e. The molecule has 0 aliphatic heterocycles. The largest absolute Gasteiger partial charge is 0.396 e. The summed E-state index contributed by atoms with van der Waals surface area (Å²) in [6, 6.07) is 3.22. The Hall–Kier alpha value is -2.16. The number of hydrogen-bond donors (Lipinski definition) is 1. The van der Waals surface area contributed by atoms with Crippen LogP contribution in [-0.2, 0) is 0 Å². The summed E-state index contributed by atoms with van der Waals surface area (Å²) in [5.41, 5.74) is 10.6. The van der Waals surface area contributed by atoms with E-state index in [1.54, 1.807) is 14.0 Å². The van der Waals surface area contributed by atoms with Gasteiger partial charge in [0, 0.05) is 12.6 Å². The van der Waals surface area contributed by atoms with Crippen LogP contribution in [0.1, 0.15) is 25.0 Å². The van der Waals surface area contributed by atoms with Crippen LogP contribution in [0.2, 0.25) is 0 Å². The summed E-state index contributed by atoms with van der Waals surface area (Å²) < 4.78 is 13.8. The van der Waals surface area contributed by atoms with Crippen molar-refractivity contribution in [1.82, 2.24) is 0 Å². The van der Waals surface area contributed by atoms with Crippen LogP contribution in [0, 0.1) is 12.7 Å². The Bertz CT molecular complexity index is 583. The van der Waals surface area contributed by atoms with Crippen LogP contribution in [-0.4, -0.2) is 12.8 Å². The minimum Gasteiger partial charge on any atom is -0.396 e. The molecule has 0 saturated heterocycles. The van der Waals surface area contributed by atoms with Crippen molar-refractivity contribution in [1.29, 1.82) is 0 Å². The van der Waals surface area contributed by atoms with Crippen LogP contribution in [0.15, 0.2) is 53.1 Å². The maximum atomic E-state index is 13.8. The van der Waals surface area contributed by atoms with Crippen molar-refractivity contribution in [2.75, 3.05) is 12.8 Å². The van der Waals surface area contributed by atoms with E-state index >= 15 is 0 Å². The van der Waals surface area contributed by atoms with E-state index in [1.165, 1.54) is 6.07 Å². The normalized spacial score (nSPS) is 11.2. The first-order valence-corrected chi connectivity index (χ1v) is 6.34. The average Bonchev–Trinajstić information content (AvgIpc) is 2.35. The van der Waals surface area contributed by atoms with Crippen LogP contribution in [0.3, 0.4) is 0 Å². The van der Waals surface area contributed by atoms with Crippen molar-refractivity contribution in [2.45, 2.75) is 20.8 Å². The Morgan fingerprint density at radius 1 is 1.25 bits per heavy atom. The number of rotatable bonds is 4. The van der Waals surface area contributed by atoms with Gasteiger partial charge in [0.2, 0.25) is 0 Å². The molecule has 0 aliphatic rings. The Kier molecular flexibility index (Phi) is 5.03. The van der Waals surface area contributed by atoms with Gasteiger partial charge in [0.05, 0.1) is 11.4 Å². The van der Waals surface area contributed by atoms with Gasteiger partial charge in [-0.05, 0) is 50.1 Å². The summed E-state index contributed by atoms with van der Waals surface area (Å²) in [6.07, 6.45) is 1.87. The fourth-order valence-corrected chi connectivity index (χ4v) is 1.93. The second-order valence-corrected chi connectivity index (χ2v) is 4.92. The molecule has 2 N–H and O–H groups in total. The molecule has 0 atom stereocenters. The van der Waals surface area contributed by atoms with Crippen molar-refractivity contribution >= 4 is 11.4 Å². The number of nitrogens with zero attached hydrogens (tertiary/aromatic N) is 1. The zero-order chi connectivity index (χ0) is 15.4. The molecular weight excluding hydrogens is 251 g/mol. The van der Waals surface area contributed by atoms with Gasteiger partial charge in [0.1, 0.15) is 5.82 Å². The third kappa shape index (κ3) is 3.44. The highest BCUT2D eigenvalue weighted by Crippen LogP contribution is 2.21.